The first kappa shape index (κ1) is 18.8. The van der Waals surface area contributed by atoms with Crippen LogP contribution in [0, 0.1) is 0 Å². The van der Waals surface area contributed by atoms with Crippen molar-refractivity contribution in [1.82, 2.24) is 0 Å². The van der Waals surface area contributed by atoms with Gasteiger partial charge in [0.25, 0.3) is 0 Å². The molecule has 0 aromatic carbocycles. The van der Waals surface area contributed by atoms with Gasteiger partial charge in [0.15, 0.2) is 6.29 Å². The number of hydrogen-bond acceptors (Lipinski definition) is 4. The van der Waals surface area contributed by atoms with Gasteiger partial charge in [0.05, 0.1) is 19.3 Å². The van der Waals surface area contributed by atoms with Crippen LogP contribution in [0.3, 0.4) is 0 Å². The summed E-state index contributed by atoms with van der Waals surface area (Å²) in [4.78, 5) is 10.1. The number of rotatable bonds is 14. The third-order valence-corrected chi connectivity index (χ3v) is 2.51. The maximum atomic E-state index is 5.72. The lowest BCUT2D eigenvalue weighted by Crippen LogP contribution is -2.22. The molecule has 0 fully saturated rings. The standard InChI is InChI=1S/C15H32O4/c1-5-7-12-17-18-13-9-8-10-15(16-11-6-2)19-14(3)4/h14-15H,5-13H2,1-4H3. The van der Waals surface area contributed by atoms with E-state index in [0.29, 0.717) is 13.2 Å². The summed E-state index contributed by atoms with van der Waals surface area (Å²) in [5, 5.41) is 0. The number of unbranched alkanes of at least 4 members (excludes halogenated alkanes) is 2. The van der Waals surface area contributed by atoms with Gasteiger partial charge in [0.2, 0.25) is 0 Å². The minimum absolute atomic E-state index is 0.0824. The van der Waals surface area contributed by atoms with Crippen LogP contribution in [0.15, 0.2) is 0 Å². The van der Waals surface area contributed by atoms with Crippen LogP contribution >= 0.6 is 0 Å². The van der Waals surface area contributed by atoms with Crippen LogP contribution in [-0.2, 0) is 19.2 Å². The van der Waals surface area contributed by atoms with E-state index in [0.717, 1.165) is 45.1 Å². The molecule has 0 aromatic heterocycles. The van der Waals surface area contributed by atoms with Gasteiger partial charge in [-0.1, -0.05) is 20.3 Å². The molecule has 0 aliphatic heterocycles. The van der Waals surface area contributed by atoms with E-state index < -0.39 is 0 Å². The average molecular weight is 276 g/mol. The number of hydrogen-bond donors (Lipinski definition) is 0. The Morgan fingerprint density at radius 2 is 1.47 bits per heavy atom. The highest BCUT2D eigenvalue weighted by Crippen LogP contribution is 2.10. The molecule has 0 spiro atoms. The van der Waals surface area contributed by atoms with Crippen molar-refractivity contribution in [2.75, 3.05) is 19.8 Å². The van der Waals surface area contributed by atoms with Crippen molar-refractivity contribution >= 4 is 0 Å². The van der Waals surface area contributed by atoms with Crippen molar-refractivity contribution in [2.45, 2.75) is 78.6 Å². The molecule has 0 amide bonds. The molecule has 1 unspecified atom stereocenters. The summed E-state index contributed by atoms with van der Waals surface area (Å²) >= 11 is 0. The lowest BCUT2D eigenvalue weighted by molar-refractivity contribution is -0.295. The second-order valence-electron chi connectivity index (χ2n) is 4.98. The molecule has 4 heteroatoms. The smallest absolute Gasteiger partial charge is 0.157 e. The fourth-order valence-electron chi connectivity index (χ4n) is 1.54. The van der Waals surface area contributed by atoms with Crippen molar-refractivity contribution in [2.24, 2.45) is 0 Å². The van der Waals surface area contributed by atoms with Gasteiger partial charge in [-0.15, -0.1) is 0 Å². The maximum absolute atomic E-state index is 5.72. The first-order valence-corrected chi connectivity index (χ1v) is 7.72. The van der Waals surface area contributed by atoms with Crippen LogP contribution in [0.1, 0.15) is 66.2 Å². The van der Waals surface area contributed by atoms with Crippen molar-refractivity contribution in [3.8, 4) is 0 Å². The van der Waals surface area contributed by atoms with Crippen LogP contribution < -0.4 is 0 Å². The van der Waals surface area contributed by atoms with E-state index in [1.807, 2.05) is 13.8 Å². The van der Waals surface area contributed by atoms with Crippen molar-refractivity contribution in [3.63, 3.8) is 0 Å². The molecular weight excluding hydrogens is 244 g/mol. The molecule has 0 radical (unpaired) electrons. The fraction of sp³-hybridized carbons (Fsp3) is 1.00. The molecule has 0 aromatic rings. The zero-order valence-corrected chi connectivity index (χ0v) is 13.2. The predicted octanol–water partition coefficient (Wildman–Crippen LogP) is 4.08. The number of ether oxygens (including phenoxy) is 2. The van der Waals surface area contributed by atoms with E-state index in [-0.39, 0.29) is 12.4 Å². The normalized spacial score (nSPS) is 13.1. The summed E-state index contributed by atoms with van der Waals surface area (Å²) in [7, 11) is 0. The Bertz CT molecular complexity index is 174. The van der Waals surface area contributed by atoms with E-state index in [9.17, 15) is 0 Å². The van der Waals surface area contributed by atoms with E-state index in [4.69, 9.17) is 19.2 Å². The van der Waals surface area contributed by atoms with Crippen LogP contribution in [0.25, 0.3) is 0 Å². The summed E-state index contributed by atoms with van der Waals surface area (Å²) in [5.74, 6) is 0. The molecule has 0 aliphatic rings. The topological polar surface area (TPSA) is 36.9 Å². The minimum atomic E-state index is -0.0824. The third kappa shape index (κ3) is 14.1. The van der Waals surface area contributed by atoms with Gasteiger partial charge >= 0.3 is 0 Å². The van der Waals surface area contributed by atoms with E-state index >= 15 is 0 Å². The van der Waals surface area contributed by atoms with Crippen molar-refractivity contribution in [1.29, 1.82) is 0 Å². The molecule has 0 heterocycles. The van der Waals surface area contributed by atoms with E-state index in [1.165, 1.54) is 0 Å². The van der Waals surface area contributed by atoms with Crippen LogP contribution in [0.5, 0.6) is 0 Å². The fourth-order valence-corrected chi connectivity index (χ4v) is 1.54. The maximum Gasteiger partial charge on any atom is 0.157 e. The molecule has 0 bridgehead atoms. The lowest BCUT2D eigenvalue weighted by Gasteiger charge is -2.20. The van der Waals surface area contributed by atoms with Crippen molar-refractivity contribution in [3.05, 3.63) is 0 Å². The first-order valence-electron chi connectivity index (χ1n) is 7.72. The zero-order valence-electron chi connectivity index (χ0n) is 13.2. The van der Waals surface area contributed by atoms with Gasteiger partial charge in [-0.3, -0.25) is 0 Å². The lowest BCUT2D eigenvalue weighted by atomic mass is 10.2. The summed E-state index contributed by atoms with van der Waals surface area (Å²) in [6.07, 6.45) is 6.23. The summed E-state index contributed by atoms with van der Waals surface area (Å²) in [6.45, 7) is 10.4. The Morgan fingerprint density at radius 3 is 2.05 bits per heavy atom. The minimum Gasteiger partial charge on any atom is -0.353 e. The van der Waals surface area contributed by atoms with Gasteiger partial charge in [-0.25, -0.2) is 9.78 Å². The Morgan fingerprint density at radius 1 is 0.789 bits per heavy atom. The highest BCUT2D eigenvalue weighted by atomic mass is 17.2. The van der Waals surface area contributed by atoms with Gasteiger partial charge in [0, 0.05) is 6.61 Å². The monoisotopic (exact) mass is 276 g/mol. The Balaban J connectivity index is 3.46. The summed E-state index contributed by atoms with van der Waals surface area (Å²) < 4.78 is 11.4. The molecule has 0 saturated heterocycles. The summed E-state index contributed by atoms with van der Waals surface area (Å²) in [5.41, 5.74) is 0. The van der Waals surface area contributed by atoms with Gasteiger partial charge in [0.1, 0.15) is 0 Å². The molecular formula is C15H32O4. The molecule has 19 heavy (non-hydrogen) atoms. The van der Waals surface area contributed by atoms with Crippen LogP contribution in [0.4, 0.5) is 0 Å². The highest BCUT2D eigenvalue weighted by molar-refractivity contribution is 4.50. The average Bonchev–Trinajstić information content (AvgIpc) is 2.38. The Hall–Kier alpha value is -0.160. The zero-order chi connectivity index (χ0) is 14.3. The predicted molar refractivity (Wildman–Crippen MR) is 76.9 cm³/mol. The van der Waals surface area contributed by atoms with E-state index in [2.05, 4.69) is 13.8 Å². The Labute approximate surface area is 118 Å². The largest absolute Gasteiger partial charge is 0.353 e. The molecule has 4 nitrogen and oxygen atoms in total. The Kier molecular flexibility index (Phi) is 14.1. The van der Waals surface area contributed by atoms with Gasteiger partial charge in [-0.2, -0.15) is 0 Å². The van der Waals surface area contributed by atoms with Crippen molar-refractivity contribution < 1.29 is 19.2 Å². The molecule has 0 aliphatic carbocycles. The second-order valence-corrected chi connectivity index (χ2v) is 4.98. The van der Waals surface area contributed by atoms with Crippen LogP contribution in [0.2, 0.25) is 0 Å². The highest BCUT2D eigenvalue weighted by Gasteiger charge is 2.10. The quantitative estimate of drug-likeness (QED) is 0.207. The summed E-state index contributed by atoms with van der Waals surface area (Å²) in [6, 6.07) is 0. The van der Waals surface area contributed by atoms with Gasteiger partial charge < -0.3 is 9.47 Å². The first-order chi connectivity index (χ1) is 9.20. The second kappa shape index (κ2) is 14.3. The van der Waals surface area contributed by atoms with E-state index in [1.54, 1.807) is 0 Å². The molecule has 1 atom stereocenters. The third-order valence-electron chi connectivity index (χ3n) is 2.51. The molecule has 0 N–H and O–H groups in total. The molecule has 116 valence electrons. The molecule has 0 saturated carbocycles. The van der Waals surface area contributed by atoms with Gasteiger partial charge in [-0.05, 0) is 46.0 Å². The SMILES string of the molecule is CCCCOOCCCCC(OCCC)OC(C)C. The van der Waals surface area contributed by atoms with Crippen LogP contribution in [-0.4, -0.2) is 32.2 Å². The molecule has 0 rings (SSSR count).